The van der Waals surface area contributed by atoms with Crippen molar-refractivity contribution in [2.24, 2.45) is 5.92 Å². The molecule has 2 aliphatic heterocycles. The lowest BCUT2D eigenvalue weighted by Crippen LogP contribution is -2.67. The summed E-state index contributed by atoms with van der Waals surface area (Å²) in [6, 6.07) is 0. The summed E-state index contributed by atoms with van der Waals surface area (Å²) in [7, 11) is -2.99. The Morgan fingerprint density at radius 1 is 1.46 bits per heavy atom. The zero-order valence-corrected chi connectivity index (χ0v) is 17.2. The minimum absolute atomic E-state index is 0.154. The fourth-order valence-electron chi connectivity index (χ4n) is 3.47. The highest BCUT2D eigenvalue weighted by atomic mass is 32.2. The van der Waals surface area contributed by atoms with Gasteiger partial charge in [0, 0.05) is 37.0 Å². The smallest absolute Gasteiger partial charge is 0.475 e. The number of aryl methyl sites for hydroxylation is 1. The SMILES string of the molecule is CCOCC1CCS(=O)(=O)C12CN(Cc1scnc1C)C2.O=C(O)C(F)(F)F. The van der Waals surface area contributed by atoms with Crippen LogP contribution in [0.5, 0.6) is 0 Å². The molecule has 1 N–H and O–H groups in total. The Bertz CT molecular complexity index is 788. The number of carbonyl (C=O) groups is 1. The fraction of sp³-hybridized carbons (Fsp3) is 0.750. The number of sulfone groups is 1. The van der Waals surface area contributed by atoms with Gasteiger partial charge in [-0.3, -0.25) is 4.90 Å². The first-order chi connectivity index (χ1) is 12.9. The number of likely N-dealkylation sites (tertiary alicyclic amines) is 1. The number of carboxylic acid groups (broad SMARTS) is 1. The highest BCUT2D eigenvalue weighted by molar-refractivity contribution is 7.93. The van der Waals surface area contributed by atoms with Gasteiger partial charge in [0.2, 0.25) is 0 Å². The van der Waals surface area contributed by atoms with Crippen molar-refractivity contribution >= 4 is 27.1 Å². The van der Waals surface area contributed by atoms with Gasteiger partial charge in [0.15, 0.2) is 9.84 Å². The van der Waals surface area contributed by atoms with Crippen molar-refractivity contribution in [3.05, 3.63) is 16.1 Å². The number of hydrogen-bond acceptors (Lipinski definition) is 7. The summed E-state index contributed by atoms with van der Waals surface area (Å²) < 4.78 is 61.6. The molecule has 2 fully saturated rings. The van der Waals surface area contributed by atoms with Gasteiger partial charge in [0.05, 0.1) is 23.6 Å². The van der Waals surface area contributed by atoms with Crippen molar-refractivity contribution in [2.45, 2.75) is 37.7 Å². The predicted octanol–water partition coefficient (Wildman–Crippen LogP) is 2.11. The average molecular weight is 444 g/mol. The van der Waals surface area contributed by atoms with Crippen molar-refractivity contribution in [2.75, 3.05) is 32.1 Å². The first kappa shape index (κ1) is 23.0. The number of halogens is 3. The number of carboxylic acids is 1. The number of ether oxygens (including phenoxy) is 1. The van der Waals surface area contributed by atoms with Crippen LogP contribution in [0.2, 0.25) is 0 Å². The highest BCUT2D eigenvalue weighted by Crippen LogP contribution is 2.45. The van der Waals surface area contributed by atoms with Crippen LogP contribution in [0.3, 0.4) is 0 Å². The summed E-state index contributed by atoms with van der Waals surface area (Å²) in [5, 5.41) is 7.12. The lowest BCUT2D eigenvalue weighted by atomic mass is 9.83. The van der Waals surface area contributed by atoms with Crippen LogP contribution < -0.4 is 0 Å². The third-order valence-corrected chi connectivity index (χ3v) is 8.58. The molecule has 0 bridgehead atoms. The van der Waals surface area contributed by atoms with Crippen molar-refractivity contribution in [1.29, 1.82) is 0 Å². The minimum Gasteiger partial charge on any atom is -0.475 e. The maximum absolute atomic E-state index is 12.5. The van der Waals surface area contributed by atoms with Crippen LogP contribution in [0.1, 0.15) is 23.9 Å². The van der Waals surface area contributed by atoms with Crippen LogP contribution in [0, 0.1) is 12.8 Å². The lowest BCUT2D eigenvalue weighted by Gasteiger charge is -2.50. The van der Waals surface area contributed by atoms with E-state index in [0.29, 0.717) is 32.1 Å². The standard InChI is InChI=1S/C14H22N2O3S2.C2HF3O2/c1-3-19-7-12-4-5-21(17,18)14(12)8-16(9-14)6-13-11(2)15-10-20-13;3-2(4,5)1(6)7/h10,12H,3-9H2,1-2H3;(H,6,7). The van der Waals surface area contributed by atoms with Gasteiger partial charge in [-0.25, -0.2) is 18.2 Å². The molecule has 0 aliphatic carbocycles. The minimum atomic E-state index is -5.08. The van der Waals surface area contributed by atoms with Crippen molar-refractivity contribution in [1.82, 2.24) is 9.88 Å². The van der Waals surface area contributed by atoms with Crippen molar-refractivity contribution in [3.63, 3.8) is 0 Å². The molecule has 160 valence electrons. The summed E-state index contributed by atoms with van der Waals surface area (Å²) in [4.78, 5) is 16.6. The van der Waals surface area contributed by atoms with E-state index in [2.05, 4.69) is 9.88 Å². The van der Waals surface area contributed by atoms with Gasteiger partial charge in [0.25, 0.3) is 0 Å². The van der Waals surface area contributed by atoms with E-state index < -0.39 is 26.7 Å². The quantitative estimate of drug-likeness (QED) is 0.743. The second kappa shape index (κ2) is 8.64. The number of aliphatic carboxylic acids is 1. The van der Waals surface area contributed by atoms with E-state index in [4.69, 9.17) is 14.6 Å². The molecule has 1 unspecified atom stereocenters. The molecular weight excluding hydrogens is 421 g/mol. The number of hydrogen-bond donors (Lipinski definition) is 1. The Hall–Kier alpha value is -1.24. The first-order valence-electron chi connectivity index (χ1n) is 8.64. The van der Waals surface area contributed by atoms with Crippen molar-refractivity contribution in [3.8, 4) is 0 Å². The molecule has 1 aromatic heterocycles. The molecule has 0 amide bonds. The van der Waals surface area contributed by atoms with Crippen LogP contribution in [-0.4, -0.2) is 72.4 Å². The molecule has 0 aromatic carbocycles. The Kier molecular flexibility index (Phi) is 7.11. The summed E-state index contributed by atoms with van der Waals surface area (Å²) in [5.74, 6) is -2.29. The Morgan fingerprint density at radius 2 is 2.07 bits per heavy atom. The summed E-state index contributed by atoms with van der Waals surface area (Å²) in [5.41, 5.74) is 2.91. The van der Waals surface area contributed by atoms with E-state index in [0.717, 1.165) is 18.7 Å². The zero-order chi connectivity index (χ0) is 21.2. The highest BCUT2D eigenvalue weighted by Gasteiger charge is 2.61. The van der Waals surface area contributed by atoms with E-state index in [1.807, 2.05) is 19.4 Å². The third-order valence-electron chi connectivity index (χ3n) is 5.06. The molecule has 1 aromatic rings. The second-order valence-electron chi connectivity index (χ2n) is 6.84. The molecule has 0 saturated carbocycles. The molecule has 0 radical (unpaired) electrons. The summed E-state index contributed by atoms with van der Waals surface area (Å²) in [6.07, 6.45) is -4.34. The van der Waals surface area contributed by atoms with Gasteiger partial charge in [-0.05, 0) is 20.3 Å². The van der Waals surface area contributed by atoms with Gasteiger partial charge in [-0.15, -0.1) is 11.3 Å². The average Bonchev–Trinajstić information content (AvgIpc) is 3.06. The van der Waals surface area contributed by atoms with Gasteiger partial charge in [-0.1, -0.05) is 0 Å². The Labute approximate surface area is 165 Å². The molecule has 12 heteroatoms. The zero-order valence-electron chi connectivity index (χ0n) is 15.5. The molecule has 2 aliphatic rings. The van der Waals surface area contributed by atoms with Gasteiger partial charge in [0.1, 0.15) is 4.75 Å². The predicted molar refractivity (Wildman–Crippen MR) is 96.9 cm³/mol. The molecule has 28 heavy (non-hydrogen) atoms. The topological polar surface area (TPSA) is 96.8 Å². The third kappa shape index (κ3) is 4.84. The number of alkyl halides is 3. The largest absolute Gasteiger partial charge is 0.490 e. The van der Waals surface area contributed by atoms with Crippen molar-refractivity contribution < 1.29 is 36.2 Å². The van der Waals surface area contributed by atoms with Gasteiger partial charge in [-0.2, -0.15) is 13.2 Å². The number of thiazole rings is 1. The fourth-order valence-corrected chi connectivity index (χ4v) is 6.74. The van der Waals surface area contributed by atoms with Crippen LogP contribution in [0.4, 0.5) is 13.2 Å². The molecule has 2 saturated heterocycles. The number of nitrogens with zero attached hydrogens (tertiary/aromatic N) is 2. The monoisotopic (exact) mass is 444 g/mol. The lowest BCUT2D eigenvalue weighted by molar-refractivity contribution is -0.192. The van der Waals surface area contributed by atoms with E-state index in [1.54, 1.807) is 11.3 Å². The first-order valence-corrected chi connectivity index (χ1v) is 11.2. The van der Waals surface area contributed by atoms with Crippen LogP contribution in [-0.2, 0) is 25.9 Å². The van der Waals surface area contributed by atoms with E-state index >= 15 is 0 Å². The van der Waals surface area contributed by atoms with E-state index in [9.17, 15) is 21.6 Å². The number of aromatic nitrogens is 1. The van der Waals surface area contributed by atoms with Crippen LogP contribution in [0.25, 0.3) is 0 Å². The Balaban J connectivity index is 0.000000345. The Morgan fingerprint density at radius 3 is 2.54 bits per heavy atom. The molecule has 7 nitrogen and oxygen atoms in total. The second-order valence-corrected chi connectivity index (χ2v) is 10.2. The molecule has 3 heterocycles. The summed E-state index contributed by atoms with van der Waals surface area (Å²) >= 11 is 1.65. The molecule has 1 spiro atoms. The van der Waals surface area contributed by atoms with E-state index in [1.165, 1.54) is 4.88 Å². The maximum Gasteiger partial charge on any atom is 0.490 e. The maximum atomic E-state index is 12.5. The van der Waals surface area contributed by atoms with Gasteiger partial charge < -0.3 is 9.84 Å². The van der Waals surface area contributed by atoms with Gasteiger partial charge >= 0.3 is 12.1 Å². The van der Waals surface area contributed by atoms with Crippen LogP contribution >= 0.6 is 11.3 Å². The molecule has 3 rings (SSSR count). The van der Waals surface area contributed by atoms with Crippen LogP contribution in [0.15, 0.2) is 5.51 Å². The summed E-state index contributed by atoms with van der Waals surface area (Å²) in [6.45, 7) is 7.28. The normalized spacial score (nSPS) is 23.1. The number of rotatable bonds is 5. The van der Waals surface area contributed by atoms with E-state index in [-0.39, 0.29) is 5.92 Å². The molecular formula is C16H23F3N2O5S2. The molecule has 1 atom stereocenters.